The molecule has 1 aliphatic rings. The zero-order valence-electron chi connectivity index (χ0n) is 11.5. The van der Waals surface area contributed by atoms with Crippen molar-refractivity contribution in [1.29, 1.82) is 0 Å². The standard InChI is InChI=1S/C16H18F2N2/c1-19-16-4-2-3-11-8-20(10-14(11)16)9-12-7-13(17)5-6-15(12)18/h5-8,10,16,19H,2-4,9H2,1H3. The second-order valence-corrected chi connectivity index (χ2v) is 5.38. The van der Waals surface area contributed by atoms with E-state index in [-0.39, 0.29) is 5.82 Å². The van der Waals surface area contributed by atoms with Crippen LogP contribution in [0.2, 0.25) is 0 Å². The Hall–Kier alpha value is -1.68. The summed E-state index contributed by atoms with van der Waals surface area (Å²) in [5, 5.41) is 3.31. The topological polar surface area (TPSA) is 17.0 Å². The number of aryl methyl sites for hydroxylation is 1. The monoisotopic (exact) mass is 276 g/mol. The molecule has 20 heavy (non-hydrogen) atoms. The maximum Gasteiger partial charge on any atom is 0.128 e. The van der Waals surface area contributed by atoms with Crippen LogP contribution in [0.3, 0.4) is 0 Å². The van der Waals surface area contributed by atoms with E-state index >= 15 is 0 Å². The summed E-state index contributed by atoms with van der Waals surface area (Å²) in [6.45, 7) is 0.368. The van der Waals surface area contributed by atoms with Gasteiger partial charge < -0.3 is 9.88 Å². The molecule has 0 bridgehead atoms. The lowest BCUT2D eigenvalue weighted by atomic mass is 9.91. The van der Waals surface area contributed by atoms with Crippen molar-refractivity contribution in [2.45, 2.75) is 31.8 Å². The lowest BCUT2D eigenvalue weighted by molar-refractivity contribution is 0.498. The fraction of sp³-hybridized carbons (Fsp3) is 0.375. The summed E-state index contributed by atoms with van der Waals surface area (Å²) in [5.74, 6) is -0.755. The van der Waals surface area contributed by atoms with Gasteiger partial charge in [0.05, 0.1) is 6.54 Å². The van der Waals surface area contributed by atoms with E-state index in [0.717, 1.165) is 25.3 Å². The number of halogens is 2. The minimum absolute atomic E-state index is 0.358. The first kappa shape index (κ1) is 13.3. The van der Waals surface area contributed by atoms with E-state index in [1.807, 2.05) is 11.6 Å². The predicted octanol–water partition coefficient (Wildman–Crippen LogP) is 3.41. The van der Waals surface area contributed by atoms with Gasteiger partial charge in [0.2, 0.25) is 0 Å². The molecule has 0 saturated carbocycles. The van der Waals surface area contributed by atoms with Crippen molar-refractivity contribution >= 4 is 0 Å². The van der Waals surface area contributed by atoms with Crippen LogP contribution in [0.25, 0.3) is 0 Å². The van der Waals surface area contributed by atoms with Crippen LogP contribution in [0.15, 0.2) is 30.6 Å². The summed E-state index contributed by atoms with van der Waals surface area (Å²) >= 11 is 0. The molecule has 0 spiro atoms. The Morgan fingerprint density at radius 1 is 1.30 bits per heavy atom. The first-order chi connectivity index (χ1) is 9.67. The molecule has 1 atom stereocenters. The summed E-state index contributed by atoms with van der Waals surface area (Å²) < 4.78 is 28.9. The molecule has 1 N–H and O–H groups in total. The lowest BCUT2D eigenvalue weighted by Crippen LogP contribution is -2.20. The second kappa shape index (κ2) is 5.37. The molecular formula is C16H18F2N2. The summed E-state index contributed by atoms with van der Waals surface area (Å²) in [6, 6.07) is 3.97. The summed E-state index contributed by atoms with van der Waals surface area (Å²) in [4.78, 5) is 0. The van der Waals surface area contributed by atoms with Crippen molar-refractivity contribution in [3.8, 4) is 0 Å². The Balaban J connectivity index is 1.88. The molecule has 0 aliphatic heterocycles. The predicted molar refractivity (Wildman–Crippen MR) is 74.6 cm³/mol. The van der Waals surface area contributed by atoms with Gasteiger partial charge in [-0.1, -0.05) is 0 Å². The molecular weight excluding hydrogens is 258 g/mol. The molecule has 106 valence electrons. The van der Waals surface area contributed by atoms with Crippen molar-refractivity contribution in [3.05, 3.63) is 58.9 Å². The van der Waals surface area contributed by atoms with Crippen LogP contribution in [0.4, 0.5) is 8.78 Å². The highest BCUT2D eigenvalue weighted by Gasteiger charge is 2.20. The van der Waals surface area contributed by atoms with Gasteiger partial charge in [-0.15, -0.1) is 0 Å². The van der Waals surface area contributed by atoms with Gasteiger partial charge in [-0.25, -0.2) is 8.78 Å². The highest BCUT2D eigenvalue weighted by atomic mass is 19.1. The van der Waals surface area contributed by atoms with Crippen LogP contribution in [0, 0.1) is 11.6 Å². The first-order valence-electron chi connectivity index (χ1n) is 6.97. The van der Waals surface area contributed by atoms with Crippen molar-refractivity contribution in [2.75, 3.05) is 7.05 Å². The van der Waals surface area contributed by atoms with Gasteiger partial charge in [0.1, 0.15) is 11.6 Å². The zero-order valence-corrected chi connectivity index (χ0v) is 11.5. The van der Waals surface area contributed by atoms with Gasteiger partial charge in [-0.05, 0) is 55.6 Å². The Morgan fingerprint density at radius 3 is 2.95 bits per heavy atom. The number of nitrogens with zero attached hydrogens (tertiary/aromatic N) is 1. The second-order valence-electron chi connectivity index (χ2n) is 5.38. The highest BCUT2D eigenvalue weighted by Crippen LogP contribution is 2.30. The quantitative estimate of drug-likeness (QED) is 0.909. The molecule has 0 amide bonds. The first-order valence-corrected chi connectivity index (χ1v) is 6.97. The third-order valence-corrected chi connectivity index (χ3v) is 4.02. The van der Waals surface area contributed by atoms with Gasteiger partial charge in [0.15, 0.2) is 0 Å². The number of benzene rings is 1. The molecule has 1 aliphatic carbocycles. The van der Waals surface area contributed by atoms with Gasteiger partial charge in [0, 0.05) is 24.0 Å². The van der Waals surface area contributed by atoms with Crippen LogP contribution in [-0.4, -0.2) is 11.6 Å². The van der Waals surface area contributed by atoms with Crippen LogP contribution in [0.1, 0.15) is 35.6 Å². The molecule has 1 unspecified atom stereocenters. The smallest absolute Gasteiger partial charge is 0.128 e. The largest absolute Gasteiger partial charge is 0.349 e. The highest BCUT2D eigenvalue weighted by molar-refractivity contribution is 5.31. The summed E-state index contributed by atoms with van der Waals surface area (Å²) in [5.41, 5.74) is 2.99. The minimum Gasteiger partial charge on any atom is -0.349 e. The van der Waals surface area contributed by atoms with E-state index < -0.39 is 5.82 Å². The Bertz CT molecular complexity index is 619. The fourth-order valence-electron chi connectivity index (χ4n) is 3.00. The number of fused-ring (bicyclic) bond motifs is 1. The van der Waals surface area contributed by atoms with Crippen LogP contribution >= 0.6 is 0 Å². The van der Waals surface area contributed by atoms with E-state index in [2.05, 4.69) is 17.7 Å². The van der Waals surface area contributed by atoms with Crippen LogP contribution in [0.5, 0.6) is 0 Å². The molecule has 2 nitrogen and oxygen atoms in total. The van der Waals surface area contributed by atoms with Crippen molar-refractivity contribution < 1.29 is 8.78 Å². The number of rotatable bonds is 3. The maximum absolute atomic E-state index is 13.7. The molecule has 1 aromatic heterocycles. The number of hydrogen-bond donors (Lipinski definition) is 1. The normalized spacial score (nSPS) is 18.1. The van der Waals surface area contributed by atoms with Gasteiger partial charge in [-0.3, -0.25) is 0 Å². The van der Waals surface area contributed by atoms with E-state index in [9.17, 15) is 8.78 Å². The van der Waals surface area contributed by atoms with Crippen molar-refractivity contribution in [2.24, 2.45) is 0 Å². The lowest BCUT2D eigenvalue weighted by Gasteiger charge is -2.21. The molecule has 1 aromatic carbocycles. The SMILES string of the molecule is CNC1CCCc2cn(Cc3cc(F)ccc3F)cc21. The van der Waals surface area contributed by atoms with E-state index in [1.165, 1.54) is 23.3 Å². The van der Waals surface area contributed by atoms with Crippen molar-refractivity contribution in [3.63, 3.8) is 0 Å². The van der Waals surface area contributed by atoms with E-state index in [1.54, 1.807) is 0 Å². The molecule has 4 heteroatoms. The molecule has 2 aromatic rings. The molecule has 1 heterocycles. The molecule has 0 saturated heterocycles. The van der Waals surface area contributed by atoms with E-state index in [0.29, 0.717) is 18.2 Å². The zero-order chi connectivity index (χ0) is 14.1. The average Bonchev–Trinajstić information content (AvgIpc) is 2.85. The molecule has 0 radical (unpaired) electrons. The average molecular weight is 276 g/mol. The van der Waals surface area contributed by atoms with Gasteiger partial charge >= 0.3 is 0 Å². The third-order valence-electron chi connectivity index (χ3n) is 4.02. The fourth-order valence-corrected chi connectivity index (χ4v) is 3.00. The van der Waals surface area contributed by atoms with Crippen LogP contribution < -0.4 is 5.32 Å². The molecule has 3 rings (SSSR count). The maximum atomic E-state index is 13.7. The van der Waals surface area contributed by atoms with Crippen LogP contribution in [-0.2, 0) is 13.0 Å². The Morgan fingerprint density at radius 2 is 2.15 bits per heavy atom. The summed E-state index contributed by atoms with van der Waals surface area (Å²) in [7, 11) is 1.96. The minimum atomic E-state index is -0.397. The Kier molecular flexibility index (Phi) is 3.57. The number of hydrogen-bond acceptors (Lipinski definition) is 1. The van der Waals surface area contributed by atoms with Gasteiger partial charge in [0.25, 0.3) is 0 Å². The Labute approximate surface area is 117 Å². The summed E-state index contributed by atoms with van der Waals surface area (Å²) in [6.07, 6.45) is 7.47. The van der Waals surface area contributed by atoms with Gasteiger partial charge in [-0.2, -0.15) is 0 Å². The molecule has 0 fully saturated rings. The van der Waals surface area contributed by atoms with E-state index in [4.69, 9.17) is 0 Å². The van der Waals surface area contributed by atoms with Crippen molar-refractivity contribution in [1.82, 2.24) is 9.88 Å². The number of nitrogens with one attached hydrogen (secondary N) is 1. The number of aromatic nitrogens is 1. The third kappa shape index (κ3) is 2.48.